The predicted octanol–water partition coefficient (Wildman–Crippen LogP) is -0.378. The Morgan fingerprint density at radius 3 is 2.82 bits per heavy atom. The monoisotopic (exact) mass is 241 g/mol. The van der Waals surface area contributed by atoms with E-state index in [1.807, 2.05) is 0 Å². The molecule has 2 saturated heterocycles. The normalized spacial score (nSPS) is 38.7. The van der Waals surface area contributed by atoms with E-state index in [0.29, 0.717) is 19.2 Å². The van der Waals surface area contributed by atoms with Crippen molar-refractivity contribution in [2.45, 2.75) is 44.3 Å². The molecule has 2 aliphatic rings. The summed E-state index contributed by atoms with van der Waals surface area (Å²) in [5, 5.41) is 9.68. The zero-order valence-corrected chi connectivity index (χ0v) is 10.7. The third kappa shape index (κ3) is 3.40. The lowest BCUT2D eigenvalue weighted by molar-refractivity contribution is -0.127. The van der Waals surface area contributed by atoms with E-state index in [-0.39, 0.29) is 17.5 Å². The topological polar surface area (TPSA) is 62.4 Å². The van der Waals surface area contributed by atoms with Crippen molar-refractivity contribution in [3.8, 4) is 0 Å². The van der Waals surface area contributed by atoms with Gasteiger partial charge in [-0.2, -0.15) is 0 Å². The molecule has 2 fully saturated rings. The van der Waals surface area contributed by atoms with Crippen LogP contribution in [0.5, 0.6) is 0 Å². The van der Waals surface area contributed by atoms with Crippen LogP contribution in [0.3, 0.4) is 0 Å². The van der Waals surface area contributed by atoms with Crippen LogP contribution in [0, 0.1) is 0 Å². The molecule has 0 aromatic carbocycles. The van der Waals surface area contributed by atoms with Crippen molar-refractivity contribution < 1.29 is 9.53 Å². The number of nitrogens with one attached hydrogen (secondary N) is 3. The summed E-state index contributed by atoms with van der Waals surface area (Å²) in [6.07, 6.45) is 2.01. The molecule has 1 amide bonds. The fourth-order valence-electron chi connectivity index (χ4n) is 2.38. The molecular weight excluding hydrogens is 218 g/mol. The van der Waals surface area contributed by atoms with Gasteiger partial charge >= 0.3 is 0 Å². The summed E-state index contributed by atoms with van der Waals surface area (Å²) in [4.78, 5) is 12.1. The van der Waals surface area contributed by atoms with Crippen molar-refractivity contribution in [2.24, 2.45) is 0 Å². The van der Waals surface area contributed by atoms with Gasteiger partial charge in [0.25, 0.3) is 0 Å². The smallest absolute Gasteiger partial charge is 0.238 e. The molecular formula is C12H23N3O2. The van der Waals surface area contributed by atoms with Crippen molar-refractivity contribution in [3.05, 3.63) is 0 Å². The maximum atomic E-state index is 12.1. The molecule has 0 radical (unpaired) electrons. The minimum atomic E-state index is -0.194. The minimum Gasteiger partial charge on any atom is -0.379 e. The van der Waals surface area contributed by atoms with Gasteiger partial charge in [-0.1, -0.05) is 0 Å². The summed E-state index contributed by atoms with van der Waals surface area (Å²) in [5.41, 5.74) is -0.194. The third-order valence-corrected chi connectivity index (χ3v) is 3.52. The van der Waals surface area contributed by atoms with Crippen molar-refractivity contribution >= 4 is 5.91 Å². The van der Waals surface area contributed by atoms with Crippen LogP contribution >= 0.6 is 0 Å². The summed E-state index contributed by atoms with van der Waals surface area (Å²) in [5.74, 6) is 0.0809. The maximum absolute atomic E-state index is 12.1. The van der Waals surface area contributed by atoms with Gasteiger partial charge in [0.2, 0.25) is 5.91 Å². The van der Waals surface area contributed by atoms with Crippen molar-refractivity contribution in [2.75, 3.05) is 26.3 Å². The molecule has 2 aliphatic heterocycles. The number of rotatable bonds is 2. The SMILES string of the molecule is CC1CNC(C(=O)NC2(C)CCCOC2)CN1. The predicted molar refractivity (Wildman–Crippen MR) is 65.9 cm³/mol. The van der Waals surface area contributed by atoms with Gasteiger partial charge in [-0.3, -0.25) is 4.79 Å². The highest BCUT2D eigenvalue weighted by Crippen LogP contribution is 2.18. The first-order chi connectivity index (χ1) is 8.09. The minimum absolute atomic E-state index is 0.0809. The second kappa shape index (κ2) is 5.33. The molecule has 3 unspecified atom stereocenters. The highest BCUT2D eigenvalue weighted by molar-refractivity contribution is 5.82. The number of piperazine rings is 1. The molecule has 3 N–H and O–H groups in total. The molecule has 2 heterocycles. The molecule has 17 heavy (non-hydrogen) atoms. The Morgan fingerprint density at radius 1 is 1.41 bits per heavy atom. The van der Waals surface area contributed by atoms with Crippen LogP contribution in [0.25, 0.3) is 0 Å². The third-order valence-electron chi connectivity index (χ3n) is 3.52. The number of hydrogen-bond acceptors (Lipinski definition) is 4. The number of carbonyl (C=O) groups is 1. The summed E-state index contributed by atoms with van der Waals surface area (Å²) < 4.78 is 5.44. The van der Waals surface area contributed by atoms with E-state index in [4.69, 9.17) is 4.74 Å². The number of carbonyl (C=O) groups excluding carboxylic acids is 1. The van der Waals surface area contributed by atoms with E-state index in [1.54, 1.807) is 0 Å². The molecule has 0 spiro atoms. The van der Waals surface area contributed by atoms with Crippen LogP contribution < -0.4 is 16.0 Å². The highest BCUT2D eigenvalue weighted by Gasteiger charge is 2.32. The van der Waals surface area contributed by atoms with E-state index < -0.39 is 0 Å². The fraction of sp³-hybridized carbons (Fsp3) is 0.917. The van der Waals surface area contributed by atoms with Crippen molar-refractivity contribution in [1.82, 2.24) is 16.0 Å². The van der Waals surface area contributed by atoms with Gasteiger partial charge < -0.3 is 20.7 Å². The standard InChI is InChI=1S/C12H23N3O2/c1-9-6-14-10(7-13-9)11(16)15-12(2)4-3-5-17-8-12/h9-10,13-14H,3-8H2,1-2H3,(H,15,16). The molecule has 5 heteroatoms. The number of amides is 1. The highest BCUT2D eigenvalue weighted by atomic mass is 16.5. The van der Waals surface area contributed by atoms with Crippen LogP contribution in [-0.2, 0) is 9.53 Å². The first-order valence-electron chi connectivity index (χ1n) is 6.46. The molecule has 98 valence electrons. The summed E-state index contributed by atoms with van der Waals surface area (Å²) in [6, 6.07) is 0.317. The van der Waals surface area contributed by atoms with Gasteiger partial charge in [0.1, 0.15) is 0 Å². The van der Waals surface area contributed by atoms with Gasteiger partial charge in [-0.25, -0.2) is 0 Å². The Bertz CT molecular complexity index is 269. The van der Waals surface area contributed by atoms with E-state index in [1.165, 1.54) is 0 Å². The molecule has 0 bridgehead atoms. The number of ether oxygens (including phenoxy) is 1. The van der Waals surface area contributed by atoms with Crippen molar-refractivity contribution in [1.29, 1.82) is 0 Å². The average molecular weight is 241 g/mol. The molecule has 2 rings (SSSR count). The van der Waals surface area contributed by atoms with Crippen molar-refractivity contribution in [3.63, 3.8) is 0 Å². The zero-order valence-electron chi connectivity index (χ0n) is 10.7. The van der Waals surface area contributed by atoms with Crippen LogP contribution in [-0.4, -0.2) is 49.8 Å². The van der Waals surface area contributed by atoms with Crippen LogP contribution in [0.2, 0.25) is 0 Å². The quantitative estimate of drug-likeness (QED) is 0.617. The first kappa shape index (κ1) is 12.8. The lowest BCUT2D eigenvalue weighted by atomic mass is 9.94. The van der Waals surface area contributed by atoms with E-state index in [2.05, 4.69) is 29.8 Å². The van der Waals surface area contributed by atoms with Gasteiger partial charge in [0, 0.05) is 25.7 Å². The molecule has 0 aliphatic carbocycles. The maximum Gasteiger partial charge on any atom is 0.238 e. The lowest BCUT2D eigenvalue weighted by Gasteiger charge is -2.37. The summed E-state index contributed by atoms with van der Waals surface area (Å²) in [6.45, 7) is 7.14. The molecule has 0 aromatic rings. The van der Waals surface area contributed by atoms with E-state index >= 15 is 0 Å². The Balaban J connectivity index is 1.83. The largest absolute Gasteiger partial charge is 0.379 e. The van der Waals surface area contributed by atoms with Crippen LogP contribution in [0.4, 0.5) is 0 Å². The molecule has 0 aromatic heterocycles. The van der Waals surface area contributed by atoms with Gasteiger partial charge in [-0.15, -0.1) is 0 Å². The number of hydrogen-bond donors (Lipinski definition) is 3. The van der Waals surface area contributed by atoms with Crippen LogP contribution in [0.1, 0.15) is 26.7 Å². The first-order valence-corrected chi connectivity index (χ1v) is 6.46. The van der Waals surface area contributed by atoms with Gasteiger partial charge in [0.05, 0.1) is 18.2 Å². The summed E-state index contributed by atoms with van der Waals surface area (Å²) in [7, 11) is 0. The molecule has 5 nitrogen and oxygen atoms in total. The van der Waals surface area contributed by atoms with Crippen LogP contribution in [0.15, 0.2) is 0 Å². The summed E-state index contributed by atoms with van der Waals surface area (Å²) >= 11 is 0. The lowest BCUT2D eigenvalue weighted by Crippen LogP contribution is -2.62. The average Bonchev–Trinajstić information content (AvgIpc) is 2.30. The zero-order chi connectivity index (χ0) is 12.3. The van der Waals surface area contributed by atoms with Gasteiger partial charge in [0.15, 0.2) is 0 Å². The second-order valence-electron chi connectivity index (χ2n) is 5.48. The Hall–Kier alpha value is -0.650. The molecule has 0 saturated carbocycles. The fourth-order valence-corrected chi connectivity index (χ4v) is 2.38. The second-order valence-corrected chi connectivity index (χ2v) is 5.48. The Kier molecular flexibility index (Phi) is 4.01. The van der Waals surface area contributed by atoms with E-state index in [0.717, 1.165) is 26.0 Å². The molecule has 3 atom stereocenters. The van der Waals surface area contributed by atoms with Gasteiger partial charge in [-0.05, 0) is 26.7 Å². The Labute approximate surface area is 103 Å². The van der Waals surface area contributed by atoms with E-state index in [9.17, 15) is 4.79 Å². The Morgan fingerprint density at radius 2 is 2.24 bits per heavy atom.